The third-order valence-electron chi connectivity index (χ3n) is 3.50. The molecule has 1 amide bonds. The number of aromatic nitrogens is 1. The molecule has 0 atom stereocenters. The lowest BCUT2D eigenvalue weighted by Gasteiger charge is -2.07. The van der Waals surface area contributed by atoms with Crippen LogP contribution in [-0.4, -0.2) is 30.1 Å². The summed E-state index contributed by atoms with van der Waals surface area (Å²) in [6.45, 7) is 0.689. The van der Waals surface area contributed by atoms with E-state index in [-0.39, 0.29) is 5.91 Å². The van der Waals surface area contributed by atoms with Gasteiger partial charge >= 0.3 is 0 Å². The van der Waals surface area contributed by atoms with Crippen molar-refractivity contribution >= 4 is 22.6 Å². The smallest absolute Gasteiger partial charge is 0.228 e. The van der Waals surface area contributed by atoms with Gasteiger partial charge in [-0.3, -0.25) is 4.79 Å². The van der Waals surface area contributed by atoms with Gasteiger partial charge in [0, 0.05) is 17.6 Å². The quantitative estimate of drug-likeness (QED) is 0.787. The molecule has 1 N–H and O–H groups in total. The highest BCUT2D eigenvalue weighted by atomic mass is 16.5. The Labute approximate surface area is 134 Å². The van der Waals surface area contributed by atoms with E-state index in [9.17, 15) is 4.79 Å². The lowest BCUT2D eigenvalue weighted by Crippen LogP contribution is -2.14. The summed E-state index contributed by atoms with van der Waals surface area (Å²) in [4.78, 5) is 14.2. The summed E-state index contributed by atoms with van der Waals surface area (Å²) < 4.78 is 5.32. The van der Waals surface area contributed by atoms with Gasteiger partial charge in [0.2, 0.25) is 5.91 Å². The molecule has 3 rings (SSSR count). The molecule has 1 aromatic heterocycles. The molecule has 0 saturated carbocycles. The van der Waals surface area contributed by atoms with E-state index in [1.807, 2.05) is 67.5 Å². The monoisotopic (exact) mass is 309 g/mol. The molecule has 0 bridgehead atoms. The molecule has 0 aliphatic carbocycles. The molecule has 0 radical (unpaired) electrons. The number of carbonyl (C=O) groups is 1. The SMILES string of the molecule is CN(C)Cc1noc2ccc(NC(=O)Cc3ccccc3)cc12. The molecule has 0 saturated heterocycles. The highest BCUT2D eigenvalue weighted by Gasteiger charge is 2.11. The fourth-order valence-electron chi connectivity index (χ4n) is 2.47. The van der Waals surface area contributed by atoms with Gasteiger partial charge in [-0.05, 0) is 37.9 Å². The Bertz CT molecular complexity index is 810. The van der Waals surface area contributed by atoms with Crippen LogP contribution in [-0.2, 0) is 17.8 Å². The van der Waals surface area contributed by atoms with Crippen molar-refractivity contribution in [2.24, 2.45) is 0 Å². The largest absolute Gasteiger partial charge is 0.356 e. The van der Waals surface area contributed by atoms with E-state index in [4.69, 9.17) is 4.52 Å². The van der Waals surface area contributed by atoms with Gasteiger partial charge in [0.1, 0.15) is 5.69 Å². The van der Waals surface area contributed by atoms with E-state index in [2.05, 4.69) is 10.5 Å². The van der Waals surface area contributed by atoms with E-state index in [0.717, 1.165) is 27.9 Å². The molecule has 0 aliphatic rings. The van der Waals surface area contributed by atoms with Gasteiger partial charge < -0.3 is 14.7 Å². The molecular weight excluding hydrogens is 290 g/mol. The fraction of sp³-hybridized carbons (Fsp3) is 0.222. The number of rotatable bonds is 5. The molecule has 0 spiro atoms. The van der Waals surface area contributed by atoms with Crippen molar-refractivity contribution in [1.29, 1.82) is 0 Å². The third-order valence-corrected chi connectivity index (χ3v) is 3.50. The van der Waals surface area contributed by atoms with Crippen LogP contribution in [0.25, 0.3) is 11.0 Å². The molecule has 2 aromatic carbocycles. The zero-order chi connectivity index (χ0) is 16.2. The zero-order valence-electron chi connectivity index (χ0n) is 13.2. The number of anilines is 1. The van der Waals surface area contributed by atoms with Crippen LogP contribution in [0, 0.1) is 0 Å². The number of fused-ring (bicyclic) bond motifs is 1. The van der Waals surface area contributed by atoms with Gasteiger partial charge in [0.25, 0.3) is 0 Å². The number of benzene rings is 2. The number of nitrogens with one attached hydrogen (secondary N) is 1. The topological polar surface area (TPSA) is 58.4 Å². The molecule has 118 valence electrons. The minimum Gasteiger partial charge on any atom is -0.356 e. The average molecular weight is 309 g/mol. The average Bonchev–Trinajstić information content (AvgIpc) is 2.90. The molecular formula is C18H19N3O2. The maximum absolute atomic E-state index is 12.2. The molecule has 5 heteroatoms. The predicted octanol–water partition coefficient (Wildman–Crippen LogP) is 3.07. The third kappa shape index (κ3) is 3.76. The lowest BCUT2D eigenvalue weighted by atomic mass is 10.1. The Hall–Kier alpha value is -2.66. The highest BCUT2D eigenvalue weighted by molar-refractivity contribution is 5.94. The molecule has 5 nitrogen and oxygen atoms in total. The van der Waals surface area contributed by atoms with Crippen LogP contribution in [0.4, 0.5) is 5.69 Å². The first-order chi connectivity index (χ1) is 11.1. The molecule has 0 fully saturated rings. The Kier molecular flexibility index (Phi) is 4.39. The highest BCUT2D eigenvalue weighted by Crippen LogP contribution is 2.23. The van der Waals surface area contributed by atoms with E-state index >= 15 is 0 Å². The van der Waals surface area contributed by atoms with Crippen molar-refractivity contribution in [3.8, 4) is 0 Å². The number of carbonyl (C=O) groups excluding carboxylic acids is 1. The van der Waals surface area contributed by atoms with Crippen LogP contribution >= 0.6 is 0 Å². The van der Waals surface area contributed by atoms with E-state index < -0.39 is 0 Å². The summed E-state index contributed by atoms with van der Waals surface area (Å²) in [7, 11) is 3.96. The van der Waals surface area contributed by atoms with E-state index in [0.29, 0.717) is 13.0 Å². The summed E-state index contributed by atoms with van der Waals surface area (Å²) in [5.41, 5.74) is 3.33. The predicted molar refractivity (Wildman–Crippen MR) is 90.2 cm³/mol. The Balaban J connectivity index is 1.76. The Morgan fingerprint density at radius 2 is 1.96 bits per heavy atom. The van der Waals surface area contributed by atoms with Crippen LogP contribution < -0.4 is 5.32 Å². The Morgan fingerprint density at radius 1 is 1.17 bits per heavy atom. The van der Waals surface area contributed by atoms with Gasteiger partial charge in [0.15, 0.2) is 5.58 Å². The van der Waals surface area contributed by atoms with Crippen LogP contribution in [0.3, 0.4) is 0 Å². The minimum absolute atomic E-state index is 0.0406. The number of nitrogens with zero attached hydrogens (tertiary/aromatic N) is 2. The Morgan fingerprint density at radius 3 is 2.70 bits per heavy atom. The number of amides is 1. The number of hydrogen-bond acceptors (Lipinski definition) is 4. The van der Waals surface area contributed by atoms with Crippen molar-refractivity contribution < 1.29 is 9.32 Å². The van der Waals surface area contributed by atoms with Crippen molar-refractivity contribution in [2.75, 3.05) is 19.4 Å². The zero-order valence-corrected chi connectivity index (χ0v) is 13.2. The molecule has 1 heterocycles. The summed E-state index contributed by atoms with van der Waals surface area (Å²) in [6.07, 6.45) is 0.354. The molecule has 0 unspecified atom stereocenters. The van der Waals surface area contributed by atoms with Crippen LogP contribution in [0.1, 0.15) is 11.3 Å². The second-order valence-corrected chi connectivity index (χ2v) is 5.79. The van der Waals surface area contributed by atoms with Crippen molar-refractivity contribution in [1.82, 2.24) is 10.1 Å². The standard InChI is InChI=1S/C18H19N3O2/c1-21(2)12-16-15-11-14(8-9-17(15)23-20-16)19-18(22)10-13-6-4-3-5-7-13/h3-9,11H,10,12H2,1-2H3,(H,19,22). The van der Waals surface area contributed by atoms with Gasteiger partial charge in [-0.25, -0.2) is 0 Å². The first kappa shape index (κ1) is 15.2. The molecule has 23 heavy (non-hydrogen) atoms. The summed E-state index contributed by atoms with van der Waals surface area (Å²) in [5.74, 6) is -0.0406. The molecule has 0 aliphatic heterocycles. The van der Waals surface area contributed by atoms with E-state index in [1.54, 1.807) is 0 Å². The normalized spacial score (nSPS) is 11.1. The van der Waals surface area contributed by atoms with Gasteiger partial charge in [0.05, 0.1) is 6.42 Å². The summed E-state index contributed by atoms with van der Waals surface area (Å²) in [5, 5.41) is 7.95. The van der Waals surface area contributed by atoms with Gasteiger partial charge in [-0.2, -0.15) is 0 Å². The van der Waals surface area contributed by atoms with Crippen LogP contribution in [0.15, 0.2) is 53.1 Å². The fourth-order valence-corrected chi connectivity index (χ4v) is 2.47. The minimum atomic E-state index is -0.0406. The van der Waals surface area contributed by atoms with Crippen molar-refractivity contribution in [3.63, 3.8) is 0 Å². The first-order valence-corrected chi connectivity index (χ1v) is 7.48. The van der Waals surface area contributed by atoms with E-state index in [1.165, 1.54) is 0 Å². The lowest BCUT2D eigenvalue weighted by molar-refractivity contribution is -0.115. The summed E-state index contributed by atoms with van der Waals surface area (Å²) in [6, 6.07) is 15.3. The maximum Gasteiger partial charge on any atom is 0.228 e. The first-order valence-electron chi connectivity index (χ1n) is 7.48. The number of hydrogen-bond donors (Lipinski definition) is 1. The van der Waals surface area contributed by atoms with Gasteiger partial charge in [-0.1, -0.05) is 35.5 Å². The maximum atomic E-state index is 12.2. The second-order valence-electron chi connectivity index (χ2n) is 5.79. The summed E-state index contributed by atoms with van der Waals surface area (Å²) >= 11 is 0. The van der Waals surface area contributed by atoms with Crippen molar-refractivity contribution in [2.45, 2.75) is 13.0 Å². The van der Waals surface area contributed by atoms with Gasteiger partial charge in [-0.15, -0.1) is 0 Å². The van der Waals surface area contributed by atoms with Crippen LogP contribution in [0.2, 0.25) is 0 Å². The molecule has 3 aromatic rings. The second kappa shape index (κ2) is 6.62. The van der Waals surface area contributed by atoms with Crippen molar-refractivity contribution in [3.05, 3.63) is 59.8 Å². The van der Waals surface area contributed by atoms with Crippen LogP contribution in [0.5, 0.6) is 0 Å².